The Hall–Kier alpha value is -0.770. The summed E-state index contributed by atoms with van der Waals surface area (Å²) in [4.78, 5) is 12.1. The Balaban J connectivity index is 2.05. The fourth-order valence-corrected chi connectivity index (χ4v) is 2.75. The second kappa shape index (κ2) is 5.70. The van der Waals surface area contributed by atoms with Crippen molar-refractivity contribution in [3.05, 3.63) is 33.8 Å². The van der Waals surface area contributed by atoms with Gasteiger partial charge in [-0.15, -0.1) is 0 Å². The standard InChI is InChI=1S/C14H17Cl2NO2/c1-14(8-18,9-5-6-9)17-13(19)7-10-11(15)3-2-4-12(10)16/h2-4,9,18H,5-8H2,1H3,(H,17,19). The number of aliphatic hydroxyl groups is 1. The first-order chi connectivity index (χ1) is 8.96. The Morgan fingerprint density at radius 2 is 2.00 bits per heavy atom. The van der Waals surface area contributed by atoms with Crippen molar-refractivity contribution in [2.45, 2.75) is 31.7 Å². The van der Waals surface area contributed by atoms with Gasteiger partial charge in [0.15, 0.2) is 0 Å². The van der Waals surface area contributed by atoms with Gasteiger partial charge in [-0.2, -0.15) is 0 Å². The highest BCUT2D eigenvalue weighted by Gasteiger charge is 2.42. The minimum atomic E-state index is -0.537. The molecule has 3 nitrogen and oxygen atoms in total. The van der Waals surface area contributed by atoms with Crippen LogP contribution in [-0.4, -0.2) is 23.2 Å². The minimum absolute atomic E-state index is 0.0559. The van der Waals surface area contributed by atoms with E-state index < -0.39 is 5.54 Å². The van der Waals surface area contributed by atoms with Crippen molar-refractivity contribution in [1.82, 2.24) is 5.32 Å². The quantitative estimate of drug-likeness (QED) is 0.878. The van der Waals surface area contributed by atoms with Gasteiger partial charge in [0, 0.05) is 10.0 Å². The Morgan fingerprint density at radius 1 is 1.42 bits per heavy atom. The molecule has 104 valence electrons. The molecule has 0 spiro atoms. The van der Waals surface area contributed by atoms with Crippen LogP contribution < -0.4 is 5.32 Å². The maximum Gasteiger partial charge on any atom is 0.225 e. The van der Waals surface area contributed by atoms with Crippen LogP contribution in [0.3, 0.4) is 0 Å². The van der Waals surface area contributed by atoms with Gasteiger partial charge in [-0.25, -0.2) is 0 Å². The second-order valence-corrected chi connectivity index (χ2v) is 6.09. The molecule has 2 N–H and O–H groups in total. The summed E-state index contributed by atoms with van der Waals surface area (Å²) >= 11 is 12.1. The molecular formula is C14H17Cl2NO2. The van der Waals surface area contributed by atoms with E-state index in [-0.39, 0.29) is 18.9 Å². The predicted octanol–water partition coefficient (Wildman–Crippen LogP) is 2.81. The Labute approximate surface area is 122 Å². The summed E-state index contributed by atoms with van der Waals surface area (Å²) in [6.45, 7) is 1.82. The number of carbonyl (C=O) groups excluding carboxylic acids is 1. The van der Waals surface area contributed by atoms with Crippen molar-refractivity contribution in [2.24, 2.45) is 5.92 Å². The highest BCUT2D eigenvalue weighted by molar-refractivity contribution is 6.36. The number of hydrogen-bond acceptors (Lipinski definition) is 2. The minimum Gasteiger partial charge on any atom is -0.394 e. The van der Waals surface area contributed by atoms with Gasteiger partial charge in [0.25, 0.3) is 0 Å². The van der Waals surface area contributed by atoms with Gasteiger partial charge in [-0.3, -0.25) is 4.79 Å². The molecule has 0 aromatic heterocycles. The van der Waals surface area contributed by atoms with E-state index in [1.807, 2.05) is 6.92 Å². The lowest BCUT2D eigenvalue weighted by molar-refractivity contribution is -0.123. The molecule has 19 heavy (non-hydrogen) atoms. The molecule has 1 fully saturated rings. The number of carbonyl (C=O) groups is 1. The molecule has 0 saturated heterocycles. The molecule has 2 rings (SSSR count). The molecule has 1 amide bonds. The number of amides is 1. The first kappa shape index (κ1) is 14.6. The molecule has 1 aliphatic rings. The molecule has 1 aromatic carbocycles. The maximum atomic E-state index is 12.1. The number of rotatable bonds is 5. The van der Waals surface area contributed by atoms with E-state index in [1.165, 1.54) is 0 Å². The summed E-state index contributed by atoms with van der Waals surface area (Å²) in [5, 5.41) is 13.3. The molecule has 5 heteroatoms. The maximum absolute atomic E-state index is 12.1. The number of hydrogen-bond donors (Lipinski definition) is 2. The summed E-state index contributed by atoms with van der Waals surface area (Å²) in [6.07, 6.45) is 2.22. The fourth-order valence-electron chi connectivity index (χ4n) is 2.22. The van der Waals surface area contributed by atoms with E-state index in [1.54, 1.807) is 18.2 Å². The Kier molecular flexibility index (Phi) is 4.39. The van der Waals surface area contributed by atoms with Crippen molar-refractivity contribution in [3.63, 3.8) is 0 Å². The van der Waals surface area contributed by atoms with Gasteiger partial charge in [-0.05, 0) is 43.4 Å². The lowest BCUT2D eigenvalue weighted by Crippen LogP contribution is -2.51. The van der Waals surface area contributed by atoms with Crippen molar-refractivity contribution >= 4 is 29.1 Å². The van der Waals surface area contributed by atoms with Gasteiger partial charge in [-0.1, -0.05) is 29.3 Å². The average molecular weight is 302 g/mol. The molecule has 1 unspecified atom stereocenters. The van der Waals surface area contributed by atoms with Crippen LogP contribution in [0.4, 0.5) is 0 Å². The first-order valence-electron chi connectivity index (χ1n) is 6.31. The van der Waals surface area contributed by atoms with Crippen LogP contribution in [0, 0.1) is 5.92 Å². The average Bonchev–Trinajstić information content (AvgIpc) is 3.18. The van der Waals surface area contributed by atoms with Crippen LogP contribution >= 0.6 is 23.2 Å². The summed E-state index contributed by atoms with van der Waals surface area (Å²) in [5.74, 6) is 0.196. The van der Waals surface area contributed by atoms with Crippen molar-refractivity contribution in [2.75, 3.05) is 6.61 Å². The zero-order chi connectivity index (χ0) is 14.0. The number of aliphatic hydroxyl groups excluding tert-OH is 1. The van der Waals surface area contributed by atoms with Crippen LogP contribution in [0.1, 0.15) is 25.3 Å². The third-order valence-electron chi connectivity index (χ3n) is 3.63. The van der Waals surface area contributed by atoms with Gasteiger partial charge in [0.05, 0.1) is 18.6 Å². The smallest absolute Gasteiger partial charge is 0.225 e. The topological polar surface area (TPSA) is 49.3 Å². The molecule has 1 saturated carbocycles. The molecule has 0 radical (unpaired) electrons. The van der Waals surface area contributed by atoms with Crippen molar-refractivity contribution in [1.29, 1.82) is 0 Å². The van der Waals surface area contributed by atoms with Crippen LogP contribution in [0.5, 0.6) is 0 Å². The molecular weight excluding hydrogens is 285 g/mol. The van der Waals surface area contributed by atoms with E-state index in [0.29, 0.717) is 21.5 Å². The van der Waals surface area contributed by atoms with E-state index in [4.69, 9.17) is 23.2 Å². The summed E-state index contributed by atoms with van der Waals surface area (Å²) in [6, 6.07) is 5.17. The normalized spacial score (nSPS) is 17.9. The van der Waals surface area contributed by atoms with Crippen LogP contribution in [0.25, 0.3) is 0 Å². The van der Waals surface area contributed by atoms with Crippen molar-refractivity contribution < 1.29 is 9.90 Å². The Bertz CT molecular complexity index is 468. The van der Waals surface area contributed by atoms with E-state index in [9.17, 15) is 9.90 Å². The highest BCUT2D eigenvalue weighted by Crippen LogP contribution is 2.39. The van der Waals surface area contributed by atoms with Gasteiger partial charge in [0.2, 0.25) is 5.91 Å². The molecule has 1 aliphatic carbocycles. The third kappa shape index (κ3) is 3.41. The number of nitrogens with one attached hydrogen (secondary N) is 1. The number of benzene rings is 1. The van der Waals surface area contributed by atoms with E-state index >= 15 is 0 Å². The molecule has 1 aromatic rings. The molecule has 0 aliphatic heterocycles. The SMILES string of the molecule is CC(CO)(NC(=O)Cc1c(Cl)cccc1Cl)C1CC1. The summed E-state index contributed by atoms with van der Waals surface area (Å²) < 4.78 is 0. The monoisotopic (exact) mass is 301 g/mol. The van der Waals surface area contributed by atoms with Crippen molar-refractivity contribution in [3.8, 4) is 0 Å². The lowest BCUT2D eigenvalue weighted by Gasteiger charge is -2.29. The zero-order valence-electron chi connectivity index (χ0n) is 10.7. The Morgan fingerprint density at radius 3 is 2.47 bits per heavy atom. The van der Waals surface area contributed by atoms with Crippen LogP contribution in [0.15, 0.2) is 18.2 Å². The van der Waals surface area contributed by atoms with Gasteiger partial charge < -0.3 is 10.4 Å². The largest absolute Gasteiger partial charge is 0.394 e. The summed E-state index contributed by atoms with van der Waals surface area (Å²) in [7, 11) is 0. The molecule has 1 atom stereocenters. The van der Waals surface area contributed by atoms with E-state index in [2.05, 4.69) is 5.32 Å². The third-order valence-corrected chi connectivity index (χ3v) is 4.34. The first-order valence-corrected chi connectivity index (χ1v) is 7.06. The van der Waals surface area contributed by atoms with Crippen LogP contribution in [-0.2, 0) is 11.2 Å². The summed E-state index contributed by atoms with van der Waals surface area (Å²) in [5.41, 5.74) is 0.0876. The molecule has 0 bridgehead atoms. The van der Waals surface area contributed by atoms with E-state index in [0.717, 1.165) is 12.8 Å². The second-order valence-electron chi connectivity index (χ2n) is 5.28. The van der Waals surface area contributed by atoms with Crippen LogP contribution in [0.2, 0.25) is 10.0 Å². The highest BCUT2D eigenvalue weighted by atomic mass is 35.5. The van der Waals surface area contributed by atoms with Gasteiger partial charge >= 0.3 is 0 Å². The molecule has 0 heterocycles. The lowest BCUT2D eigenvalue weighted by atomic mass is 9.96. The number of halogens is 2. The van der Waals surface area contributed by atoms with Gasteiger partial charge in [0.1, 0.15) is 0 Å². The predicted molar refractivity (Wildman–Crippen MR) is 76.5 cm³/mol. The fraction of sp³-hybridized carbons (Fsp3) is 0.500. The zero-order valence-corrected chi connectivity index (χ0v) is 12.3.